The molecule has 0 aliphatic rings. The van der Waals surface area contributed by atoms with E-state index in [2.05, 4.69) is 130 Å². The number of fused-ring (bicyclic) bond motifs is 2. The second-order valence-corrected chi connectivity index (χ2v) is 10.8. The third-order valence-electron chi connectivity index (χ3n) is 8.17. The molecule has 2 nitrogen and oxygen atoms in total. The van der Waals surface area contributed by atoms with E-state index >= 15 is 0 Å². The monoisotopic (exact) mass is 554 g/mol. The average Bonchev–Trinajstić information content (AvgIpc) is 3.65. The zero-order valence-electron chi connectivity index (χ0n) is 23.4. The van der Waals surface area contributed by atoms with Crippen molar-refractivity contribution in [3.8, 4) is 45.0 Å². The first-order chi connectivity index (χ1) is 21.2. The molecule has 6 aromatic carbocycles. The van der Waals surface area contributed by atoms with Crippen molar-refractivity contribution < 1.29 is 4.39 Å². The van der Waals surface area contributed by atoms with Gasteiger partial charge in [-0.2, -0.15) is 0 Å². The van der Waals surface area contributed by atoms with E-state index in [1.165, 1.54) is 34.3 Å². The van der Waals surface area contributed by atoms with Gasteiger partial charge in [0.05, 0.1) is 22.4 Å². The Hall–Kier alpha value is -5.67. The Kier molecular flexibility index (Phi) is 6.01. The van der Waals surface area contributed by atoms with Crippen molar-refractivity contribution in [2.75, 3.05) is 0 Å². The largest absolute Gasteiger partial charge is 0.309 e. The van der Waals surface area contributed by atoms with Gasteiger partial charge >= 0.3 is 0 Å². The molecule has 0 N–H and O–H groups in total. The lowest BCUT2D eigenvalue weighted by molar-refractivity contribution is 0.628. The van der Waals surface area contributed by atoms with Gasteiger partial charge in [-0.05, 0) is 107 Å². The number of hydrogen-bond donors (Lipinski definition) is 0. The molecule has 2 aromatic heterocycles. The van der Waals surface area contributed by atoms with Crippen LogP contribution in [0.5, 0.6) is 0 Å². The molecule has 0 amide bonds. The van der Waals surface area contributed by atoms with Crippen LogP contribution in [0.25, 0.3) is 66.8 Å². The van der Waals surface area contributed by atoms with Crippen LogP contribution in [0.4, 0.5) is 4.39 Å². The Morgan fingerprint density at radius 3 is 1.21 bits per heavy atom. The van der Waals surface area contributed by atoms with Gasteiger partial charge in [0.25, 0.3) is 0 Å². The maximum absolute atomic E-state index is 13.8. The van der Waals surface area contributed by atoms with Crippen molar-refractivity contribution in [2.24, 2.45) is 0 Å². The Bertz CT molecular complexity index is 2210. The Morgan fingerprint density at radius 1 is 0.349 bits per heavy atom. The van der Waals surface area contributed by atoms with E-state index in [4.69, 9.17) is 0 Å². The highest BCUT2D eigenvalue weighted by atomic mass is 19.1. The Balaban J connectivity index is 1.29. The van der Waals surface area contributed by atoms with Crippen LogP contribution in [0.2, 0.25) is 0 Å². The van der Waals surface area contributed by atoms with E-state index in [9.17, 15) is 4.39 Å². The van der Waals surface area contributed by atoms with Gasteiger partial charge in [-0.3, -0.25) is 0 Å². The zero-order valence-corrected chi connectivity index (χ0v) is 23.4. The van der Waals surface area contributed by atoms with Crippen molar-refractivity contribution in [3.05, 3.63) is 170 Å². The summed E-state index contributed by atoms with van der Waals surface area (Å²) in [7, 11) is 0. The molecule has 2 heterocycles. The van der Waals surface area contributed by atoms with Crippen LogP contribution in [0.1, 0.15) is 0 Å². The van der Waals surface area contributed by atoms with Crippen LogP contribution in [-0.4, -0.2) is 9.13 Å². The molecule has 3 heteroatoms. The summed E-state index contributed by atoms with van der Waals surface area (Å²) in [5.41, 5.74) is 11.2. The van der Waals surface area contributed by atoms with Crippen molar-refractivity contribution in [2.45, 2.75) is 0 Å². The molecule has 43 heavy (non-hydrogen) atoms. The molecular formula is C40H27FN2. The molecule has 0 saturated carbocycles. The van der Waals surface area contributed by atoms with E-state index in [-0.39, 0.29) is 5.82 Å². The zero-order chi connectivity index (χ0) is 28.8. The van der Waals surface area contributed by atoms with E-state index in [1.54, 1.807) is 0 Å². The van der Waals surface area contributed by atoms with Crippen molar-refractivity contribution >= 4 is 21.8 Å². The Morgan fingerprint density at radius 2 is 0.744 bits per heavy atom. The quantitative estimate of drug-likeness (QED) is 0.200. The number of nitrogens with zero attached hydrogens (tertiary/aromatic N) is 2. The standard InChI is InChI=1S/C40H27FN2/c41-34-20-16-29(17-21-34)40-27-33-25-31(19-23-38(33)43(40)36-14-8-3-9-15-36)30-18-22-37-32(24-30)26-39(28-10-4-1-5-11-28)42(37)35-12-6-2-7-13-35/h1-27H. The summed E-state index contributed by atoms with van der Waals surface area (Å²) in [6, 6.07) is 56.0. The molecule has 0 fully saturated rings. The second kappa shape index (κ2) is 10.3. The second-order valence-electron chi connectivity index (χ2n) is 10.8. The highest BCUT2D eigenvalue weighted by Crippen LogP contribution is 2.37. The van der Waals surface area contributed by atoms with Gasteiger partial charge in [0.15, 0.2) is 0 Å². The molecule has 0 spiro atoms. The van der Waals surface area contributed by atoms with Gasteiger partial charge in [0.1, 0.15) is 5.82 Å². The summed E-state index contributed by atoms with van der Waals surface area (Å²) in [6.45, 7) is 0. The van der Waals surface area contributed by atoms with Crippen LogP contribution in [0.3, 0.4) is 0 Å². The van der Waals surface area contributed by atoms with Crippen LogP contribution < -0.4 is 0 Å². The third-order valence-corrected chi connectivity index (χ3v) is 8.17. The maximum atomic E-state index is 13.8. The molecule has 8 aromatic rings. The summed E-state index contributed by atoms with van der Waals surface area (Å²) in [4.78, 5) is 0. The Labute approximate surface area is 249 Å². The van der Waals surface area contributed by atoms with Crippen molar-refractivity contribution in [1.29, 1.82) is 0 Å². The summed E-state index contributed by atoms with van der Waals surface area (Å²) < 4.78 is 18.4. The number of rotatable bonds is 5. The van der Waals surface area contributed by atoms with Crippen molar-refractivity contribution in [1.82, 2.24) is 9.13 Å². The molecule has 204 valence electrons. The third kappa shape index (κ3) is 4.43. The molecule has 8 rings (SSSR count). The number of benzene rings is 6. The van der Waals surface area contributed by atoms with Crippen LogP contribution in [0, 0.1) is 5.82 Å². The number of para-hydroxylation sites is 2. The van der Waals surface area contributed by atoms with Gasteiger partial charge in [0, 0.05) is 22.1 Å². The van der Waals surface area contributed by atoms with Crippen LogP contribution in [-0.2, 0) is 0 Å². The summed E-state index contributed by atoms with van der Waals surface area (Å²) in [5, 5.41) is 2.32. The topological polar surface area (TPSA) is 9.86 Å². The molecule has 0 atom stereocenters. The predicted octanol–water partition coefficient (Wildman–Crippen LogP) is 10.7. The molecule has 0 bridgehead atoms. The fourth-order valence-corrected chi connectivity index (χ4v) is 6.15. The number of hydrogen-bond acceptors (Lipinski definition) is 0. The van der Waals surface area contributed by atoms with E-state index in [1.807, 2.05) is 30.3 Å². The van der Waals surface area contributed by atoms with Gasteiger partial charge in [-0.1, -0.05) is 78.9 Å². The van der Waals surface area contributed by atoms with Gasteiger partial charge in [-0.25, -0.2) is 4.39 Å². The molecular weight excluding hydrogens is 527 g/mol. The van der Waals surface area contributed by atoms with Crippen molar-refractivity contribution in [3.63, 3.8) is 0 Å². The smallest absolute Gasteiger partial charge is 0.123 e. The van der Waals surface area contributed by atoms with Crippen LogP contribution >= 0.6 is 0 Å². The lowest BCUT2D eigenvalue weighted by Gasteiger charge is -2.12. The van der Waals surface area contributed by atoms with Crippen LogP contribution in [0.15, 0.2) is 164 Å². The summed E-state index contributed by atoms with van der Waals surface area (Å²) in [6.07, 6.45) is 0. The molecule has 0 radical (unpaired) electrons. The first-order valence-corrected chi connectivity index (χ1v) is 14.5. The van der Waals surface area contributed by atoms with Gasteiger partial charge in [0.2, 0.25) is 0 Å². The number of aromatic nitrogens is 2. The lowest BCUT2D eigenvalue weighted by atomic mass is 10.0. The lowest BCUT2D eigenvalue weighted by Crippen LogP contribution is -1.96. The molecule has 0 unspecified atom stereocenters. The highest BCUT2D eigenvalue weighted by Gasteiger charge is 2.16. The van der Waals surface area contributed by atoms with Gasteiger partial charge in [-0.15, -0.1) is 0 Å². The predicted molar refractivity (Wildman–Crippen MR) is 176 cm³/mol. The number of halogens is 1. The van der Waals surface area contributed by atoms with Gasteiger partial charge < -0.3 is 9.13 Å². The SMILES string of the molecule is Fc1ccc(-c2cc3cc(-c4ccc5c(c4)cc(-c4ccccc4)n5-c4ccccc4)ccc3n2-c2ccccc2)cc1. The highest BCUT2D eigenvalue weighted by molar-refractivity contribution is 5.95. The van der Waals surface area contributed by atoms with E-state index < -0.39 is 0 Å². The molecule has 0 aliphatic carbocycles. The molecule has 0 saturated heterocycles. The first-order valence-electron chi connectivity index (χ1n) is 14.5. The van der Waals surface area contributed by atoms with E-state index in [0.29, 0.717) is 0 Å². The minimum Gasteiger partial charge on any atom is -0.309 e. The van der Waals surface area contributed by atoms with E-state index in [0.717, 1.165) is 44.7 Å². The summed E-state index contributed by atoms with van der Waals surface area (Å²) >= 11 is 0. The fraction of sp³-hybridized carbons (Fsp3) is 0. The minimum atomic E-state index is -0.236. The molecule has 0 aliphatic heterocycles. The average molecular weight is 555 g/mol. The fourth-order valence-electron chi connectivity index (χ4n) is 6.15. The first kappa shape index (κ1) is 25.1. The minimum absolute atomic E-state index is 0.236. The normalized spacial score (nSPS) is 11.4. The summed E-state index contributed by atoms with van der Waals surface area (Å²) in [5.74, 6) is -0.236. The maximum Gasteiger partial charge on any atom is 0.123 e.